The predicted molar refractivity (Wildman–Crippen MR) is 201 cm³/mol. The molecule has 0 aliphatic heterocycles. The summed E-state index contributed by atoms with van der Waals surface area (Å²) in [5.41, 5.74) is 24.1. The molecule has 0 saturated heterocycles. The summed E-state index contributed by atoms with van der Waals surface area (Å²) in [6.45, 7) is 0. The molecule has 11 rings (SSSR count). The predicted octanol–water partition coefficient (Wildman–Crippen LogP) is 12.0. The smallest absolute Gasteiger partial charge is 0.0105 e. The van der Waals surface area contributed by atoms with E-state index in [1.54, 1.807) is 0 Å². The molecule has 0 atom stereocenters. The number of benzene rings is 7. The summed E-state index contributed by atoms with van der Waals surface area (Å²) in [7, 11) is 0. The molecule has 4 aliphatic carbocycles. The minimum absolute atomic E-state index is 1.03. The average Bonchev–Trinajstić information content (AvgIpc) is 3.14. The molecule has 0 nitrogen and oxygen atoms in total. The molecule has 228 valence electrons. The van der Waals surface area contributed by atoms with Crippen molar-refractivity contribution >= 4 is 0 Å². The van der Waals surface area contributed by atoms with Gasteiger partial charge in [-0.2, -0.15) is 0 Å². The Morgan fingerprint density at radius 2 is 0.396 bits per heavy atom. The molecule has 0 unspecified atom stereocenters. The minimum atomic E-state index is 1.03. The van der Waals surface area contributed by atoms with Crippen molar-refractivity contribution in [2.75, 3.05) is 0 Å². The largest absolute Gasteiger partial charge is 0.0616 e. The van der Waals surface area contributed by atoms with Crippen LogP contribution in [0.2, 0.25) is 0 Å². The maximum atomic E-state index is 2.49. The van der Waals surface area contributed by atoms with E-state index < -0.39 is 0 Å². The van der Waals surface area contributed by atoms with Crippen molar-refractivity contribution in [3.63, 3.8) is 0 Å². The molecule has 0 heterocycles. The van der Waals surface area contributed by atoms with Gasteiger partial charge in [0.15, 0.2) is 0 Å². The van der Waals surface area contributed by atoms with Crippen LogP contribution in [0.4, 0.5) is 0 Å². The van der Waals surface area contributed by atoms with Crippen LogP contribution < -0.4 is 0 Å². The summed E-state index contributed by atoms with van der Waals surface area (Å²) in [6, 6.07) is 56.8. The van der Waals surface area contributed by atoms with Gasteiger partial charge in [-0.05, 0) is 157 Å². The van der Waals surface area contributed by atoms with Gasteiger partial charge in [-0.3, -0.25) is 0 Å². The van der Waals surface area contributed by atoms with Gasteiger partial charge in [0.2, 0.25) is 0 Å². The lowest BCUT2D eigenvalue weighted by Crippen LogP contribution is -1.98. The van der Waals surface area contributed by atoms with Gasteiger partial charge < -0.3 is 0 Å². The molecule has 0 amide bonds. The van der Waals surface area contributed by atoms with Crippen LogP contribution in [0.15, 0.2) is 146 Å². The van der Waals surface area contributed by atoms with Crippen LogP contribution in [-0.4, -0.2) is 0 Å². The van der Waals surface area contributed by atoms with Crippen molar-refractivity contribution in [1.82, 2.24) is 0 Å². The number of hydrogen-bond donors (Lipinski definition) is 0. The van der Waals surface area contributed by atoms with Crippen LogP contribution >= 0.6 is 0 Å². The van der Waals surface area contributed by atoms with Crippen molar-refractivity contribution in [3.8, 4) is 66.8 Å². The molecule has 48 heavy (non-hydrogen) atoms. The van der Waals surface area contributed by atoms with E-state index >= 15 is 0 Å². The van der Waals surface area contributed by atoms with Crippen molar-refractivity contribution in [1.29, 1.82) is 0 Å². The Morgan fingerprint density at radius 1 is 0.208 bits per heavy atom. The molecule has 7 aromatic rings. The van der Waals surface area contributed by atoms with Crippen molar-refractivity contribution < 1.29 is 0 Å². The molecule has 0 spiro atoms. The van der Waals surface area contributed by atoms with Gasteiger partial charge in [0.25, 0.3) is 0 Å². The highest BCUT2D eigenvalue weighted by molar-refractivity contribution is 5.94. The second kappa shape index (κ2) is 11.1. The fourth-order valence-corrected chi connectivity index (χ4v) is 8.54. The molecule has 0 N–H and O–H groups in total. The Balaban J connectivity index is 1.41. The number of hydrogen-bond acceptors (Lipinski definition) is 0. The molecule has 0 radical (unpaired) electrons. The fraction of sp³-hybridized carbons (Fsp3) is 0.125. The normalized spacial score (nSPS) is 13.8. The topological polar surface area (TPSA) is 0 Å². The Hall–Kier alpha value is -5.46. The number of fused-ring (bicyclic) bond motifs is 3. The third kappa shape index (κ3) is 4.83. The van der Waals surface area contributed by atoms with E-state index in [0.29, 0.717) is 0 Å². The van der Waals surface area contributed by atoms with E-state index in [4.69, 9.17) is 0 Å². The van der Waals surface area contributed by atoms with E-state index in [1.807, 2.05) is 0 Å². The Morgan fingerprint density at radius 3 is 0.604 bits per heavy atom. The molecule has 0 heteroatoms. The molecule has 12 bridgehead atoms. The molecule has 0 aromatic heterocycles. The minimum Gasteiger partial charge on any atom is -0.0616 e. The standard InChI is InChI=1S/C48H36/c1-4-10-46-40-28-41-30-42(29-40)48-12-6-3-9-45(48)39-25-34-16-14-32-19-31(22-37(23-32)43(46)7-1)13-15-33-20-35(17-18-36(21-34)27-39)26-38(24-33)44-8-2-5-11-47(41)44/h1-12,19-30H,13-18H2. The van der Waals surface area contributed by atoms with Crippen LogP contribution in [0.3, 0.4) is 0 Å². The first-order valence-electron chi connectivity index (χ1n) is 17.5. The van der Waals surface area contributed by atoms with Crippen LogP contribution in [0.1, 0.15) is 33.4 Å². The molecule has 7 aromatic carbocycles. The van der Waals surface area contributed by atoms with Crippen molar-refractivity contribution in [3.05, 3.63) is 179 Å². The highest BCUT2D eigenvalue weighted by Crippen LogP contribution is 2.43. The van der Waals surface area contributed by atoms with E-state index in [0.717, 1.165) is 38.5 Å². The first-order chi connectivity index (χ1) is 23.7. The zero-order valence-corrected chi connectivity index (χ0v) is 27.1. The van der Waals surface area contributed by atoms with E-state index in [9.17, 15) is 0 Å². The summed E-state index contributed by atoms with van der Waals surface area (Å²) in [4.78, 5) is 0. The van der Waals surface area contributed by atoms with Crippen LogP contribution in [0, 0.1) is 0 Å². The first kappa shape index (κ1) is 27.6. The molecule has 0 saturated carbocycles. The lowest BCUT2D eigenvalue weighted by molar-refractivity contribution is 0.931. The average molecular weight is 613 g/mol. The van der Waals surface area contributed by atoms with Gasteiger partial charge in [-0.15, -0.1) is 0 Å². The van der Waals surface area contributed by atoms with Gasteiger partial charge in [0.05, 0.1) is 0 Å². The van der Waals surface area contributed by atoms with E-state index in [1.165, 1.54) is 100 Å². The quantitative estimate of drug-likeness (QED) is 0.160. The summed E-state index contributed by atoms with van der Waals surface area (Å²) >= 11 is 0. The van der Waals surface area contributed by atoms with E-state index in [2.05, 4.69) is 146 Å². The second-order valence-corrected chi connectivity index (χ2v) is 14.1. The Bertz CT molecular complexity index is 2060. The highest BCUT2D eigenvalue weighted by atomic mass is 14.2. The van der Waals surface area contributed by atoms with E-state index in [-0.39, 0.29) is 0 Å². The summed E-state index contributed by atoms with van der Waals surface area (Å²) < 4.78 is 0. The van der Waals surface area contributed by atoms with Crippen LogP contribution in [0.25, 0.3) is 66.8 Å². The van der Waals surface area contributed by atoms with Gasteiger partial charge in [0.1, 0.15) is 0 Å². The maximum Gasteiger partial charge on any atom is -0.0105 e. The van der Waals surface area contributed by atoms with Crippen LogP contribution in [-0.2, 0) is 38.5 Å². The fourth-order valence-electron chi connectivity index (χ4n) is 8.54. The zero-order chi connectivity index (χ0) is 31.6. The summed E-state index contributed by atoms with van der Waals surface area (Å²) in [5.74, 6) is 0. The van der Waals surface area contributed by atoms with Crippen molar-refractivity contribution in [2.24, 2.45) is 0 Å². The Labute approximate surface area is 283 Å². The second-order valence-electron chi connectivity index (χ2n) is 14.1. The lowest BCUT2D eigenvalue weighted by atomic mass is 9.86. The third-order valence-electron chi connectivity index (χ3n) is 10.8. The molecule has 0 fully saturated rings. The highest BCUT2D eigenvalue weighted by Gasteiger charge is 2.19. The molecular weight excluding hydrogens is 577 g/mol. The Kier molecular flexibility index (Phi) is 6.37. The van der Waals surface area contributed by atoms with Crippen molar-refractivity contribution in [2.45, 2.75) is 38.5 Å². The maximum absolute atomic E-state index is 2.49. The van der Waals surface area contributed by atoms with Gasteiger partial charge >= 0.3 is 0 Å². The monoisotopic (exact) mass is 612 g/mol. The number of rotatable bonds is 0. The summed E-state index contributed by atoms with van der Waals surface area (Å²) in [6.07, 6.45) is 6.16. The third-order valence-corrected chi connectivity index (χ3v) is 10.8. The molecule has 4 aliphatic rings. The van der Waals surface area contributed by atoms with Crippen LogP contribution in [0.5, 0.6) is 0 Å². The van der Waals surface area contributed by atoms with Gasteiger partial charge in [-0.25, -0.2) is 0 Å². The first-order valence-corrected chi connectivity index (χ1v) is 17.5. The zero-order valence-electron chi connectivity index (χ0n) is 27.1. The van der Waals surface area contributed by atoms with Gasteiger partial charge in [-0.1, -0.05) is 127 Å². The summed E-state index contributed by atoms with van der Waals surface area (Å²) in [5, 5.41) is 0. The van der Waals surface area contributed by atoms with Gasteiger partial charge in [0, 0.05) is 0 Å². The molecular formula is C48H36. The lowest BCUT2D eigenvalue weighted by Gasteiger charge is -2.18. The number of aryl methyl sites for hydroxylation is 6. The SMILES string of the molecule is c1ccc2c(c1)-c1cc3cc(c1)CCc1cc4cc(c1)-c1ccccc1-c1cc-2cc(c1)-c1ccccc1-c1cc(cc(c1)CC4)CC3.